The van der Waals surface area contributed by atoms with E-state index in [1.165, 1.54) is 7.11 Å². The zero-order valence-corrected chi connectivity index (χ0v) is 9.12. The summed E-state index contributed by atoms with van der Waals surface area (Å²) < 4.78 is 4.49. The van der Waals surface area contributed by atoms with Crippen LogP contribution in [0.1, 0.15) is 12.0 Å². The summed E-state index contributed by atoms with van der Waals surface area (Å²) in [5.74, 6) is -0.286. The Balaban J connectivity index is 2.71. The highest BCUT2D eigenvalue weighted by Gasteiger charge is 1.98. The first-order chi connectivity index (χ1) is 7.13. The van der Waals surface area contributed by atoms with Crippen molar-refractivity contribution in [3.63, 3.8) is 0 Å². The molecular formula is C11H12ClNO2. The molecule has 3 nitrogen and oxygen atoms in total. The molecule has 0 unspecified atom stereocenters. The summed E-state index contributed by atoms with van der Waals surface area (Å²) in [6.45, 7) is 0. The largest absolute Gasteiger partial charge is 0.469 e. The number of esters is 1. The van der Waals surface area contributed by atoms with Crippen LogP contribution in [-0.2, 0) is 9.53 Å². The van der Waals surface area contributed by atoms with Crippen LogP contribution in [0.25, 0.3) is 6.08 Å². The predicted molar refractivity (Wildman–Crippen MR) is 61.5 cm³/mol. The molecule has 0 saturated carbocycles. The molecule has 0 amide bonds. The number of hydrogen-bond donors (Lipinski definition) is 1. The number of nitrogens with two attached hydrogens (primary N) is 1. The molecule has 0 aliphatic heterocycles. The van der Waals surface area contributed by atoms with Gasteiger partial charge in [0, 0.05) is 10.7 Å². The third-order valence-corrected chi connectivity index (χ3v) is 2.17. The smallest absolute Gasteiger partial charge is 0.309 e. The fourth-order valence-corrected chi connectivity index (χ4v) is 1.24. The lowest BCUT2D eigenvalue weighted by molar-refractivity contribution is -0.139. The van der Waals surface area contributed by atoms with Gasteiger partial charge >= 0.3 is 5.97 Å². The fraction of sp³-hybridized carbons (Fsp3) is 0.182. The average molecular weight is 226 g/mol. The molecule has 1 aromatic carbocycles. The summed E-state index contributed by atoms with van der Waals surface area (Å²) in [7, 11) is 1.35. The molecule has 0 bridgehead atoms. The van der Waals surface area contributed by atoms with E-state index < -0.39 is 0 Å². The van der Waals surface area contributed by atoms with E-state index in [0.717, 1.165) is 5.56 Å². The van der Waals surface area contributed by atoms with Crippen LogP contribution < -0.4 is 5.73 Å². The molecule has 4 heteroatoms. The lowest BCUT2D eigenvalue weighted by atomic mass is 10.2. The van der Waals surface area contributed by atoms with Crippen molar-refractivity contribution >= 4 is 29.3 Å². The lowest BCUT2D eigenvalue weighted by Crippen LogP contribution is -1.96. The van der Waals surface area contributed by atoms with Gasteiger partial charge in [-0.3, -0.25) is 4.79 Å². The number of hydrogen-bond acceptors (Lipinski definition) is 3. The third kappa shape index (κ3) is 3.64. The zero-order chi connectivity index (χ0) is 11.3. The number of nitrogen functional groups attached to an aromatic ring is 1. The van der Waals surface area contributed by atoms with Crippen molar-refractivity contribution in [3.8, 4) is 0 Å². The van der Waals surface area contributed by atoms with Crippen molar-refractivity contribution in [1.82, 2.24) is 0 Å². The van der Waals surface area contributed by atoms with E-state index in [9.17, 15) is 4.79 Å². The molecule has 0 saturated heterocycles. The Bertz CT molecular complexity index is 388. The van der Waals surface area contributed by atoms with Crippen molar-refractivity contribution in [2.75, 3.05) is 12.8 Å². The second kappa shape index (κ2) is 5.41. The number of carbonyl (C=O) groups excluding carboxylic acids is 1. The van der Waals surface area contributed by atoms with E-state index in [4.69, 9.17) is 17.3 Å². The second-order valence-corrected chi connectivity index (χ2v) is 3.37. The Morgan fingerprint density at radius 2 is 2.33 bits per heavy atom. The van der Waals surface area contributed by atoms with Gasteiger partial charge in [-0.25, -0.2) is 0 Å². The van der Waals surface area contributed by atoms with E-state index in [1.807, 2.05) is 0 Å². The van der Waals surface area contributed by atoms with Gasteiger partial charge in [0.15, 0.2) is 0 Å². The first-order valence-electron chi connectivity index (χ1n) is 4.42. The van der Waals surface area contributed by atoms with Gasteiger partial charge in [0.25, 0.3) is 0 Å². The Morgan fingerprint density at radius 3 is 3.00 bits per heavy atom. The minimum absolute atomic E-state index is 0.224. The average Bonchev–Trinajstić information content (AvgIpc) is 2.23. The summed E-state index contributed by atoms with van der Waals surface area (Å²) in [4.78, 5) is 10.8. The van der Waals surface area contributed by atoms with Crippen LogP contribution in [-0.4, -0.2) is 13.1 Å². The molecule has 80 valence electrons. The molecule has 2 N–H and O–H groups in total. The molecule has 0 aromatic heterocycles. The molecule has 0 atom stereocenters. The molecule has 1 rings (SSSR count). The number of ether oxygens (including phenoxy) is 1. The molecule has 0 radical (unpaired) electrons. The van der Waals surface area contributed by atoms with Crippen molar-refractivity contribution in [1.29, 1.82) is 0 Å². The third-order valence-electron chi connectivity index (χ3n) is 1.83. The maximum Gasteiger partial charge on any atom is 0.309 e. The molecule has 0 aliphatic carbocycles. The second-order valence-electron chi connectivity index (χ2n) is 2.96. The maximum absolute atomic E-state index is 10.8. The topological polar surface area (TPSA) is 52.3 Å². The van der Waals surface area contributed by atoms with Gasteiger partial charge in [0.1, 0.15) is 0 Å². The number of methoxy groups -OCH3 is 1. The highest BCUT2D eigenvalue weighted by atomic mass is 35.5. The van der Waals surface area contributed by atoms with E-state index in [-0.39, 0.29) is 12.4 Å². The van der Waals surface area contributed by atoms with Crippen LogP contribution in [0, 0.1) is 0 Å². The summed E-state index contributed by atoms with van der Waals surface area (Å²) in [6, 6.07) is 5.19. The number of carbonyl (C=O) groups is 1. The van der Waals surface area contributed by atoms with E-state index in [1.54, 1.807) is 30.4 Å². The van der Waals surface area contributed by atoms with Gasteiger partial charge in [-0.05, 0) is 23.8 Å². The molecule has 0 fully saturated rings. The normalized spacial score (nSPS) is 10.5. The van der Waals surface area contributed by atoms with Crippen LogP contribution in [0.4, 0.5) is 5.69 Å². The summed E-state index contributed by atoms with van der Waals surface area (Å²) in [6.07, 6.45) is 3.66. The summed E-state index contributed by atoms with van der Waals surface area (Å²) >= 11 is 5.92. The number of benzene rings is 1. The monoisotopic (exact) mass is 225 g/mol. The van der Waals surface area contributed by atoms with E-state index in [2.05, 4.69) is 4.74 Å². The first-order valence-corrected chi connectivity index (χ1v) is 4.79. The van der Waals surface area contributed by atoms with Crippen molar-refractivity contribution in [2.45, 2.75) is 6.42 Å². The van der Waals surface area contributed by atoms with Crippen LogP contribution in [0.3, 0.4) is 0 Å². The van der Waals surface area contributed by atoms with Crippen LogP contribution >= 0.6 is 11.6 Å². The van der Waals surface area contributed by atoms with Crippen molar-refractivity contribution < 1.29 is 9.53 Å². The standard InChI is InChI=1S/C11H12ClNO2/c1-15-11(14)4-2-3-8-7-9(13)5-6-10(8)12/h2-3,5-7H,4,13H2,1H3. The lowest BCUT2D eigenvalue weighted by Gasteiger charge is -1.99. The summed E-state index contributed by atoms with van der Waals surface area (Å²) in [5.41, 5.74) is 7.03. The highest BCUT2D eigenvalue weighted by molar-refractivity contribution is 6.32. The minimum Gasteiger partial charge on any atom is -0.469 e. The molecule has 0 heterocycles. The quantitative estimate of drug-likeness (QED) is 0.635. The Kier molecular flexibility index (Phi) is 4.18. The Labute approximate surface area is 93.5 Å². The van der Waals surface area contributed by atoms with Crippen LogP contribution in [0.15, 0.2) is 24.3 Å². The van der Waals surface area contributed by atoms with E-state index in [0.29, 0.717) is 10.7 Å². The van der Waals surface area contributed by atoms with E-state index >= 15 is 0 Å². The van der Waals surface area contributed by atoms with Gasteiger partial charge in [-0.2, -0.15) is 0 Å². The Morgan fingerprint density at radius 1 is 1.60 bits per heavy atom. The highest BCUT2D eigenvalue weighted by Crippen LogP contribution is 2.20. The maximum atomic E-state index is 10.8. The number of halogens is 1. The van der Waals surface area contributed by atoms with Crippen LogP contribution in [0.2, 0.25) is 5.02 Å². The van der Waals surface area contributed by atoms with Crippen molar-refractivity contribution in [3.05, 3.63) is 34.9 Å². The fourth-order valence-electron chi connectivity index (χ4n) is 1.06. The number of rotatable bonds is 3. The molecule has 0 spiro atoms. The first kappa shape index (κ1) is 11.6. The van der Waals surface area contributed by atoms with Gasteiger partial charge in [0.2, 0.25) is 0 Å². The van der Waals surface area contributed by atoms with Crippen molar-refractivity contribution in [2.24, 2.45) is 0 Å². The molecule has 1 aromatic rings. The zero-order valence-electron chi connectivity index (χ0n) is 8.37. The SMILES string of the molecule is COC(=O)CC=Cc1cc(N)ccc1Cl. The molecule has 15 heavy (non-hydrogen) atoms. The number of anilines is 1. The minimum atomic E-state index is -0.286. The molecular weight excluding hydrogens is 214 g/mol. The van der Waals surface area contributed by atoms with Gasteiger partial charge in [-0.15, -0.1) is 0 Å². The molecule has 0 aliphatic rings. The predicted octanol–water partition coefficient (Wildman–Crippen LogP) is 2.50. The van der Waals surface area contributed by atoms with Gasteiger partial charge in [0.05, 0.1) is 13.5 Å². The van der Waals surface area contributed by atoms with Gasteiger partial charge < -0.3 is 10.5 Å². The van der Waals surface area contributed by atoms with Crippen LogP contribution in [0.5, 0.6) is 0 Å². The summed E-state index contributed by atoms with van der Waals surface area (Å²) in [5, 5.41) is 0.602. The van der Waals surface area contributed by atoms with Gasteiger partial charge in [-0.1, -0.05) is 23.8 Å². The Hall–Kier alpha value is -1.48.